The first kappa shape index (κ1) is 12.8. The molecule has 1 atom stereocenters. The molecule has 1 unspecified atom stereocenters. The van der Waals surface area contributed by atoms with Gasteiger partial charge < -0.3 is 4.90 Å². The summed E-state index contributed by atoms with van der Waals surface area (Å²) in [6.45, 7) is 4.95. The summed E-state index contributed by atoms with van der Waals surface area (Å²) in [7, 11) is -3.17. The lowest BCUT2D eigenvalue weighted by Gasteiger charge is -2.17. The number of sulfonamides is 1. The maximum Gasteiger partial charge on any atom is 0.214 e. The second kappa shape index (κ2) is 4.91. The van der Waals surface area contributed by atoms with Crippen LogP contribution in [0, 0.1) is 0 Å². The van der Waals surface area contributed by atoms with Crippen LogP contribution in [0.1, 0.15) is 20.3 Å². The fraction of sp³-hybridized carbons (Fsp3) is 0.700. The average molecular weight is 275 g/mol. The van der Waals surface area contributed by atoms with Crippen molar-refractivity contribution in [3.05, 3.63) is 11.6 Å². The summed E-state index contributed by atoms with van der Waals surface area (Å²) in [4.78, 5) is 6.35. The number of hydrogen-bond acceptors (Lipinski definition) is 5. The van der Waals surface area contributed by atoms with Crippen LogP contribution in [0.2, 0.25) is 0 Å². The Morgan fingerprint density at radius 2 is 2.35 bits per heavy atom. The van der Waals surface area contributed by atoms with Gasteiger partial charge in [-0.1, -0.05) is 0 Å². The standard InChI is InChI=1S/C10H17N3O2S2/c1-8(2)17(14,15)12-9-3-5-13(7-9)10-11-4-6-16-10/h4,6,8-9,12H,3,5,7H2,1-2H3. The van der Waals surface area contributed by atoms with E-state index < -0.39 is 10.0 Å². The van der Waals surface area contributed by atoms with Gasteiger partial charge in [0, 0.05) is 30.7 Å². The third-order valence-electron chi connectivity index (χ3n) is 2.83. The molecule has 2 heterocycles. The zero-order valence-corrected chi connectivity index (χ0v) is 11.6. The van der Waals surface area contributed by atoms with Crippen molar-refractivity contribution in [2.24, 2.45) is 0 Å². The Morgan fingerprint density at radius 3 is 2.94 bits per heavy atom. The van der Waals surface area contributed by atoms with E-state index in [2.05, 4.69) is 14.6 Å². The molecule has 0 bridgehead atoms. The molecule has 0 saturated carbocycles. The Bertz CT molecular complexity index is 456. The van der Waals surface area contributed by atoms with Crippen LogP contribution < -0.4 is 9.62 Å². The molecule has 1 aliphatic rings. The van der Waals surface area contributed by atoms with E-state index in [1.54, 1.807) is 31.4 Å². The van der Waals surface area contributed by atoms with Gasteiger partial charge in [0.05, 0.1) is 5.25 Å². The third-order valence-corrected chi connectivity index (χ3v) is 5.56. The molecule has 17 heavy (non-hydrogen) atoms. The van der Waals surface area contributed by atoms with E-state index in [0.29, 0.717) is 6.54 Å². The Labute approximate surface area is 106 Å². The van der Waals surface area contributed by atoms with Gasteiger partial charge in [0.15, 0.2) is 5.13 Å². The number of hydrogen-bond donors (Lipinski definition) is 1. The molecule has 7 heteroatoms. The second-order valence-electron chi connectivity index (χ2n) is 4.46. The van der Waals surface area contributed by atoms with Crippen molar-refractivity contribution in [2.45, 2.75) is 31.6 Å². The summed E-state index contributed by atoms with van der Waals surface area (Å²) in [5, 5.41) is 2.52. The van der Waals surface area contributed by atoms with E-state index in [1.165, 1.54) is 0 Å². The zero-order valence-electron chi connectivity index (χ0n) is 9.96. The lowest BCUT2D eigenvalue weighted by molar-refractivity contribution is 0.553. The molecule has 0 aliphatic carbocycles. The molecule has 0 spiro atoms. The molecule has 1 aromatic rings. The van der Waals surface area contributed by atoms with Gasteiger partial charge in [0.2, 0.25) is 10.0 Å². The average Bonchev–Trinajstić information content (AvgIpc) is 2.85. The summed E-state index contributed by atoms with van der Waals surface area (Å²) in [6.07, 6.45) is 2.61. The van der Waals surface area contributed by atoms with Crippen LogP contribution >= 0.6 is 11.3 Å². The quantitative estimate of drug-likeness (QED) is 0.892. The van der Waals surface area contributed by atoms with E-state index in [1.807, 2.05) is 5.38 Å². The minimum atomic E-state index is -3.17. The lowest BCUT2D eigenvalue weighted by Crippen LogP contribution is -2.40. The minimum absolute atomic E-state index is 0.00583. The van der Waals surface area contributed by atoms with Crippen LogP contribution in [0.4, 0.5) is 5.13 Å². The van der Waals surface area contributed by atoms with E-state index in [9.17, 15) is 8.42 Å². The predicted molar refractivity (Wildman–Crippen MR) is 69.9 cm³/mol. The Morgan fingerprint density at radius 1 is 1.59 bits per heavy atom. The van der Waals surface area contributed by atoms with Crippen LogP contribution in [0.15, 0.2) is 11.6 Å². The highest BCUT2D eigenvalue weighted by molar-refractivity contribution is 7.90. The molecular weight excluding hydrogens is 258 g/mol. The van der Waals surface area contributed by atoms with Crippen molar-refractivity contribution >= 4 is 26.5 Å². The fourth-order valence-electron chi connectivity index (χ4n) is 1.77. The maximum atomic E-state index is 11.7. The molecule has 0 amide bonds. The van der Waals surface area contributed by atoms with Gasteiger partial charge in [0.1, 0.15) is 0 Å². The highest BCUT2D eigenvalue weighted by atomic mass is 32.2. The van der Waals surface area contributed by atoms with Gasteiger partial charge in [0.25, 0.3) is 0 Å². The molecule has 1 saturated heterocycles. The summed E-state index contributed by atoms with van der Waals surface area (Å²) < 4.78 is 26.2. The molecule has 1 aliphatic heterocycles. The van der Waals surface area contributed by atoms with Crippen molar-refractivity contribution < 1.29 is 8.42 Å². The molecule has 5 nitrogen and oxygen atoms in total. The Hall–Kier alpha value is -0.660. The monoisotopic (exact) mass is 275 g/mol. The smallest absolute Gasteiger partial charge is 0.214 e. The van der Waals surface area contributed by atoms with Crippen molar-refractivity contribution in [1.29, 1.82) is 0 Å². The third kappa shape index (κ3) is 2.97. The first-order valence-electron chi connectivity index (χ1n) is 5.64. The van der Waals surface area contributed by atoms with Crippen LogP contribution in [0.5, 0.6) is 0 Å². The van der Waals surface area contributed by atoms with Gasteiger partial charge in [-0.25, -0.2) is 18.1 Å². The SMILES string of the molecule is CC(C)S(=O)(=O)NC1CCN(c2nccs2)C1. The first-order chi connectivity index (χ1) is 7.99. The number of anilines is 1. The summed E-state index contributed by atoms with van der Waals surface area (Å²) in [5.74, 6) is 0. The number of aromatic nitrogens is 1. The maximum absolute atomic E-state index is 11.7. The van der Waals surface area contributed by atoms with Gasteiger partial charge in [-0.2, -0.15) is 0 Å². The fourth-order valence-corrected chi connectivity index (χ4v) is 3.38. The van der Waals surface area contributed by atoms with Crippen molar-refractivity contribution in [3.8, 4) is 0 Å². The highest BCUT2D eigenvalue weighted by Gasteiger charge is 2.28. The van der Waals surface area contributed by atoms with Gasteiger partial charge in [-0.05, 0) is 20.3 Å². The number of rotatable bonds is 4. The largest absolute Gasteiger partial charge is 0.346 e. The molecular formula is C10H17N3O2S2. The molecule has 1 fully saturated rings. The summed E-state index contributed by atoms with van der Waals surface area (Å²) in [5.41, 5.74) is 0. The van der Waals surface area contributed by atoms with Gasteiger partial charge >= 0.3 is 0 Å². The molecule has 0 aromatic carbocycles. The van der Waals surface area contributed by atoms with Crippen molar-refractivity contribution in [1.82, 2.24) is 9.71 Å². The van der Waals surface area contributed by atoms with E-state index in [4.69, 9.17) is 0 Å². The van der Waals surface area contributed by atoms with Crippen molar-refractivity contribution in [2.75, 3.05) is 18.0 Å². The topological polar surface area (TPSA) is 62.3 Å². The zero-order chi connectivity index (χ0) is 12.5. The van der Waals surface area contributed by atoms with Gasteiger partial charge in [-0.3, -0.25) is 0 Å². The Balaban J connectivity index is 1.95. The number of nitrogens with zero attached hydrogens (tertiary/aromatic N) is 2. The second-order valence-corrected chi connectivity index (χ2v) is 7.60. The van der Waals surface area contributed by atoms with E-state index in [0.717, 1.165) is 18.1 Å². The molecule has 1 aromatic heterocycles. The molecule has 2 rings (SSSR count). The van der Waals surface area contributed by atoms with Crippen LogP contribution in [0.3, 0.4) is 0 Å². The first-order valence-corrected chi connectivity index (χ1v) is 8.07. The molecule has 96 valence electrons. The number of nitrogens with one attached hydrogen (secondary N) is 1. The molecule has 1 N–H and O–H groups in total. The molecule has 0 radical (unpaired) electrons. The minimum Gasteiger partial charge on any atom is -0.346 e. The highest BCUT2D eigenvalue weighted by Crippen LogP contribution is 2.22. The Kier molecular flexibility index (Phi) is 3.70. The number of thiazole rings is 1. The van der Waals surface area contributed by atoms with Crippen LogP contribution in [-0.4, -0.2) is 37.8 Å². The van der Waals surface area contributed by atoms with E-state index >= 15 is 0 Å². The van der Waals surface area contributed by atoms with Crippen LogP contribution in [0.25, 0.3) is 0 Å². The van der Waals surface area contributed by atoms with E-state index in [-0.39, 0.29) is 11.3 Å². The predicted octanol–water partition coefficient (Wildman–Crippen LogP) is 1.05. The summed E-state index contributed by atoms with van der Waals surface area (Å²) in [6, 6.07) is 0.00583. The normalized spacial score (nSPS) is 21.4. The van der Waals surface area contributed by atoms with Crippen LogP contribution in [-0.2, 0) is 10.0 Å². The van der Waals surface area contributed by atoms with Crippen molar-refractivity contribution in [3.63, 3.8) is 0 Å². The summed E-state index contributed by atoms with van der Waals surface area (Å²) >= 11 is 1.58. The lowest BCUT2D eigenvalue weighted by atomic mass is 10.3. The van der Waals surface area contributed by atoms with Gasteiger partial charge in [-0.15, -0.1) is 11.3 Å².